The number of benzene rings is 2. The van der Waals surface area contributed by atoms with E-state index in [9.17, 15) is 31.2 Å². The van der Waals surface area contributed by atoms with E-state index in [1.807, 2.05) is 12.1 Å². The molecule has 2 amide bonds. The maximum absolute atomic E-state index is 13.4. The van der Waals surface area contributed by atoms with E-state index in [1.165, 1.54) is 14.8 Å². The van der Waals surface area contributed by atoms with Crippen molar-refractivity contribution >= 4 is 21.8 Å². The second-order valence-corrected chi connectivity index (χ2v) is 12.8. The molecular formula is C29H37F3N4O5S. The minimum atomic E-state index is -4.52. The summed E-state index contributed by atoms with van der Waals surface area (Å²) in [6, 6.07) is 11.0. The monoisotopic (exact) mass is 610 g/mol. The Balaban J connectivity index is 1.31. The fourth-order valence-electron chi connectivity index (χ4n) is 5.22. The number of alkyl halides is 3. The molecule has 1 aliphatic heterocycles. The topological polar surface area (TPSA) is 108 Å². The number of amides is 2. The van der Waals surface area contributed by atoms with Gasteiger partial charge >= 0.3 is 6.18 Å². The highest BCUT2D eigenvalue weighted by Crippen LogP contribution is 2.47. The summed E-state index contributed by atoms with van der Waals surface area (Å²) < 4.78 is 69.0. The number of sulfonamides is 1. The molecule has 1 heterocycles. The summed E-state index contributed by atoms with van der Waals surface area (Å²) in [5.74, 6) is 0.837. The third kappa shape index (κ3) is 8.45. The summed E-state index contributed by atoms with van der Waals surface area (Å²) in [6.45, 7) is 2.12. The normalized spacial score (nSPS) is 20.2. The molecule has 3 atom stereocenters. The molecule has 1 saturated heterocycles. The first-order valence-electron chi connectivity index (χ1n) is 13.9. The number of carbonyl (C=O) groups excluding carboxylic acids is 2. The lowest BCUT2D eigenvalue weighted by atomic mass is 10.1. The molecular weight excluding hydrogens is 573 g/mol. The van der Waals surface area contributed by atoms with Crippen molar-refractivity contribution in [3.63, 3.8) is 0 Å². The average Bonchev–Trinajstić information content (AvgIpc) is 3.74. The van der Waals surface area contributed by atoms with E-state index in [0.717, 1.165) is 49.2 Å². The van der Waals surface area contributed by atoms with Crippen LogP contribution in [0.3, 0.4) is 0 Å². The summed E-state index contributed by atoms with van der Waals surface area (Å²) in [7, 11) is -1.75. The summed E-state index contributed by atoms with van der Waals surface area (Å²) in [4.78, 5) is 27.8. The van der Waals surface area contributed by atoms with Crippen LogP contribution in [0.1, 0.15) is 46.7 Å². The van der Waals surface area contributed by atoms with Gasteiger partial charge < -0.3 is 20.3 Å². The lowest BCUT2D eigenvalue weighted by Gasteiger charge is -2.35. The zero-order valence-electron chi connectivity index (χ0n) is 23.7. The standard InChI is InChI=1S/C29H37F3N4O5S/c1-41-24-11-7-20(8-12-24)25-18-22(25)19-33-13-3-4-26(28(38)35-14-16-36(17-15-35)42(2,39)40)34-27(37)21-5-9-23(10-6-21)29(30,31)32/h5-12,22,25-26,33H,3-4,13-19H2,1-2H3,(H,34,37)/t22?,25-,26-/m0/s1. The number of hydrogen-bond acceptors (Lipinski definition) is 6. The summed E-state index contributed by atoms with van der Waals surface area (Å²) in [6.07, 6.45) is -1.43. The predicted molar refractivity (Wildman–Crippen MR) is 152 cm³/mol. The van der Waals surface area contributed by atoms with E-state index >= 15 is 0 Å². The molecule has 4 rings (SSSR count). The number of nitrogens with zero attached hydrogens (tertiary/aromatic N) is 2. The van der Waals surface area contributed by atoms with Crippen molar-refractivity contribution in [3.05, 3.63) is 65.2 Å². The van der Waals surface area contributed by atoms with Crippen LogP contribution < -0.4 is 15.4 Å². The average molecular weight is 611 g/mol. The Labute approximate surface area is 244 Å². The van der Waals surface area contributed by atoms with E-state index in [0.29, 0.717) is 31.2 Å². The van der Waals surface area contributed by atoms with E-state index in [1.54, 1.807) is 7.11 Å². The fourth-order valence-corrected chi connectivity index (χ4v) is 6.05. The number of carbonyl (C=O) groups is 2. The van der Waals surface area contributed by atoms with Gasteiger partial charge in [0.05, 0.1) is 18.9 Å². The van der Waals surface area contributed by atoms with Gasteiger partial charge in [-0.2, -0.15) is 17.5 Å². The quantitative estimate of drug-likeness (QED) is 0.358. The van der Waals surface area contributed by atoms with Crippen LogP contribution in [0.2, 0.25) is 0 Å². The molecule has 2 N–H and O–H groups in total. The van der Waals surface area contributed by atoms with Gasteiger partial charge in [0, 0.05) is 31.7 Å². The summed E-state index contributed by atoms with van der Waals surface area (Å²) in [5.41, 5.74) is 0.417. The molecule has 0 bridgehead atoms. The Bertz CT molecular complexity index is 1330. The highest BCUT2D eigenvalue weighted by molar-refractivity contribution is 7.88. The minimum absolute atomic E-state index is 0.0131. The third-order valence-corrected chi connectivity index (χ3v) is 9.12. The van der Waals surface area contributed by atoms with Crippen LogP contribution >= 0.6 is 0 Å². The number of ether oxygens (including phenoxy) is 1. The maximum Gasteiger partial charge on any atom is 0.416 e. The van der Waals surface area contributed by atoms with Crippen molar-refractivity contribution in [3.8, 4) is 5.75 Å². The molecule has 1 unspecified atom stereocenters. The first-order chi connectivity index (χ1) is 19.9. The van der Waals surface area contributed by atoms with Gasteiger partial charge in [-0.15, -0.1) is 0 Å². The molecule has 1 aliphatic carbocycles. The third-order valence-electron chi connectivity index (χ3n) is 7.82. The van der Waals surface area contributed by atoms with Crippen molar-refractivity contribution in [2.24, 2.45) is 5.92 Å². The van der Waals surface area contributed by atoms with Gasteiger partial charge in [0.25, 0.3) is 5.91 Å². The Morgan fingerprint density at radius 2 is 1.67 bits per heavy atom. The Kier molecular flexibility index (Phi) is 10.2. The molecule has 13 heteroatoms. The van der Waals surface area contributed by atoms with Crippen LogP contribution in [0, 0.1) is 5.92 Å². The highest BCUT2D eigenvalue weighted by Gasteiger charge is 2.37. The molecule has 9 nitrogen and oxygen atoms in total. The fraction of sp³-hybridized carbons (Fsp3) is 0.517. The van der Waals surface area contributed by atoms with Gasteiger partial charge in [-0.05, 0) is 86.1 Å². The molecule has 230 valence electrons. The molecule has 0 radical (unpaired) electrons. The SMILES string of the molecule is COc1ccc([C@@H]2CC2CNCCC[C@H](NC(=O)c2ccc(C(F)(F)F)cc2)C(=O)N2CCN(S(C)(=O)=O)CC2)cc1. The van der Waals surface area contributed by atoms with E-state index < -0.39 is 33.7 Å². The van der Waals surface area contributed by atoms with Crippen LogP contribution in [-0.2, 0) is 21.0 Å². The minimum Gasteiger partial charge on any atom is -0.497 e. The molecule has 1 saturated carbocycles. The number of piperazine rings is 1. The van der Waals surface area contributed by atoms with Gasteiger partial charge in [-0.3, -0.25) is 9.59 Å². The second kappa shape index (κ2) is 13.4. The molecule has 42 heavy (non-hydrogen) atoms. The summed E-state index contributed by atoms with van der Waals surface area (Å²) >= 11 is 0. The van der Waals surface area contributed by atoms with Crippen molar-refractivity contribution in [2.75, 3.05) is 52.6 Å². The van der Waals surface area contributed by atoms with E-state index in [4.69, 9.17) is 4.74 Å². The van der Waals surface area contributed by atoms with E-state index in [2.05, 4.69) is 22.8 Å². The van der Waals surface area contributed by atoms with Crippen LogP contribution in [0.15, 0.2) is 48.5 Å². The van der Waals surface area contributed by atoms with Crippen molar-refractivity contribution < 1.29 is 35.9 Å². The van der Waals surface area contributed by atoms with Gasteiger partial charge in [0.1, 0.15) is 11.8 Å². The highest BCUT2D eigenvalue weighted by atomic mass is 32.2. The first-order valence-corrected chi connectivity index (χ1v) is 15.8. The van der Waals surface area contributed by atoms with Crippen LogP contribution in [0.5, 0.6) is 5.75 Å². The van der Waals surface area contributed by atoms with Crippen LogP contribution in [-0.4, -0.2) is 88.1 Å². The van der Waals surface area contributed by atoms with Gasteiger partial charge in [-0.1, -0.05) is 12.1 Å². The predicted octanol–water partition coefficient (Wildman–Crippen LogP) is 3.09. The molecule has 2 aliphatic rings. The van der Waals surface area contributed by atoms with Gasteiger partial charge in [-0.25, -0.2) is 8.42 Å². The second-order valence-electron chi connectivity index (χ2n) is 10.8. The Hall–Kier alpha value is -3.16. The molecule has 2 aromatic carbocycles. The van der Waals surface area contributed by atoms with Crippen molar-refractivity contribution in [1.82, 2.24) is 19.8 Å². The Morgan fingerprint density at radius 3 is 2.24 bits per heavy atom. The van der Waals surface area contributed by atoms with E-state index in [-0.39, 0.29) is 37.6 Å². The van der Waals surface area contributed by atoms with Crippen LogP contribution in [0.4, 0.5) is 13.2 Å². The Morgan fingerprint density at radius 1 is 1.02 bits per heavy atom. The molecule has 2 fully saturated rings. The largest absolute Gasteiger partial charge is 0.497 e. The number of nitrogens with one attached hydrogen (secondary N) is 2. The number of hydrogen-bond donors (Lipinski definition) is 2. The zero-order valence-corrected chi connectivity index (χ0v) is 24.5. The van der Waals surface area contributed by atoms with Crippen molar-refractivity contribution in [1.29, 1.82) is 0 Å². The number of rotatable bonds is 12. The lowest BCUT2D eigenvalue weighted by Crippen LogP contribution is -2.55. The van der Waals surface area contributed by atoms with Crippen LogP contribution in [0.25, 0.3) is 0 Å². The summed E-state index contributed by atoms with van der Waals surface area (Å²) in [5, 5.41) is 6.13. The number of halogens is 3. The lowest BCUT2D eigenvalue weighted by molar-refractivity contribution is -0.137. The number of methoxy groups -OCH3 is 1. The first kappa shape index (κ1) is 31.8. The van der Waals surface area contributed by atoms with Gasteiger partial charge in [0.15, 0.2) is 0 Å². The van der Waals surface area contributed by atoms with Gasteiger partial charge in [0.2, 0.25) is 15.9 Å². The molecule has 0 spiro atoms. The maximum atomic E-state index is 13.4. The molecule has 0 aromatic heterocycles. The zero-order chi connectivity index (χ0) is 30.5. The smallest absolute Gasteiger partial charge is 0.416 e. The van der Waals surface area contributed by atoms with Crippen molar-refractivity contribution in [2.45, 2.75) is 37.4 Å². The molecule has 2 aromatic rings.